The highest BCUT2D eigenvalue weighted by atomic mass is 79.9. The van der Waals surface area contributed by atoms with Crippen LogP contribution in [0.3, 0.4) is 0 Å². The summed E-state index contributed by atoms with van der Waals surface area (Å²) in [6.45, 7) is 1.67. The second-order valence-corrected chi connectivity index (χ2v) is 15.0. The lowest BCUT2D eigenvalue weighted by molar-refractivity contribution is -0.162. The summed E-state index contributed by atoms with van der Waals surface area (Å²) in [7, 11) is 0. The first-order valence-electron chi connectivity index (χ1n) is 17.8. The van der Waals surface area contributed by atoms with Crippen molar-refractivity contribution in [3.63, 3.8) is 0 Å². The molecule has 264 valence electrons. The molecule has 8 atom stereocenters. The van der Waals surface area contributed by atoms with Gasteiger partial charge in [-0.2, -0.15) is 0 Å². The van der Waals surface area contributed by atoms with E-state index in [-0.39, 0.29) is 24.3 Å². The summed E-state index contributed by atoms with van der Waals surface area (Å²) in [4.78, 5) is 61.2. The molecule has 2 aromatic carbocycles. The number of fused-ring (bicyclic) bond motifs is 2. The molecule has 11 heteroatoms. The number of hydrogen-bond acceptors (Lipinski definition) is 7. The van der Waals surface area contributed by atoms with Crippen molar-refractivity contribution in [2.45, 2.75) is 93.8 Å². The van der Waals surface area contributed by atoms with Gasteiger partial charge in [0.1, 0.15) is 29.8 Å². The van der Waals surface area contributed by atoms with E-state index < -0.39 is 66.3 Å². The molecular weight excluding hydrogens is 702 g/mol. The summed E-state index contributed by atoms with van der Waals surface area (Å²) in [5.41, 5.74) is -0.106. The molecule has 50 heavy (non-hydrogen) atoms. The molecule has 2 aromatic rings. The van der Waals surface area contributed by atoms with Crippen LogP contribution in [0, 0.1) is 11.8 Å². The summed E-state index contributed by atoms with van der Waals surface area (Å²) >= 11 is 3.64. The highest BCUT2D eigenvalue weighted by molar-refractivity contribution is 9.11. The van der Waals surface area contributed by atoms with E-state index in [2.05, 4.69) is 21.2 Å². The van der Waals surface area contributed by atoms with Crippen LogP contribution < -0.4 is 5.32 Å². The average Bonchev–Trinajstić information content (AvgIpc) is 3.73. The Kier molecular flexibility index (Phi) is 10.0. The minimum Gasteiger partial charge on any atom is -0.455 e. The normalized spacial score (nSPS) is 33.5. The van der Waals surface area contributed by atoms with Crippen LogP contribution in [0.15, 0.2) is 83.4 Å². The maximum Gasteiger partial charge on any atom is 0.313 e. The number of rotatable bonds is 5. The molecule has 0 radical (unpaired) electrons. The Morgan fingerprint density at radius 2 is 1.64 bits per heavy atom. The molecule has 5 bridgehead atoms. The molecule has 10 nitrogen and oxygen atoms in total. The highest BCUT2D eigenvalue weighted by Crippen LogP contribution is 2.60. The molecule has 5 aliphatic rings. The number of amides is 3. The number of aliphatic hydroxyl groups excluding tert-OH is 1. The number of nitrogens with zero attached hydrogens (tertiary/aromatic N) is 2. The number of carbonyl (C=O) groups is 4. The Hall–Kier alpha value is -3.80. The van der Waals surface area contributed by atoms with Gasteiger partial charge in [-0.1, -0.05) is 108 Å². The first-order valence-corrected chi connectivity index (χ1v) is 18.6. The van der Waals surface area contributed by atoms with Gasteiger partial charge in [0.15, 0.2) is 0 Å². The number of halogens is 1. The van der Waals surface area contributed by atoms with Crippen LogP contribution in [0.4, 0.5) is 0 Å². The minimum atomic E-state index is -1.48. The van der Waals surface area contributed by atoms with Gasteiger partial charge in [0, 0.05) is 23.5 Å². The average molecular weight is 747 g/mol. The van der Waals surface area contributed by atoms with Crippen molar-refractivity contribution in [3.8, 4) is 0 Å². The number of cyclic esters (lactones) is 1. The van der Waals surface area contributed by atoms with Crippen molar-refractivity contribution in [1.82, 2.24) is 15.1 Å². The first-order chi connectivity index (χ1) is 24.2. The summed E-state index contributed by atoms with van der Waals surface area (Å²) in [6, 6.07) is 15.8. The third-order valence-electron chi connectivity index (χ3n) is 11.1. The Morgan fingerprint density at radius 1 is 0.940 bits per heavy atom. The highest BCUT2D eigenvalue weighted by Gasteiger charge is 2.75. The lowest BCUT2D eigenvalue weighted by atomic mass is 9.74. The number of likely N-dealkylation sites (tertiary alicyclic amines) is 1. The zero-order valence-corrected chi connectivity index (χ0v) is 29.7. The van der Waals surface area contributed by atoms with Crippen molar-refractivity contribution in [3.05, 3.63) is 94.5 Å². The minimum absolute atomic E-state index is 0.0535. The van der Waals surface area contributed by atoms with Gasteiger partial charge in [0.25, 0.3) is 0 Å². The predicted octanol–water partition coefficient (Wildman–Crippen LogP) is 4.89. The van der Waals surface area contributed by atoms with Gasteiger partial charge in [0.2, 0.25) is 17.7 Å². The fourth-order valence-electron chi connectivity index (χ4n) is 8.77. The third kappa shape index (κ3) is 6.11. The van der Waals surface area contributed by atoms with Gasteiger partial charge in [-0.3, -0.25) is 19.2 Å². The molecule has 3 fully saturated rings. The molecule has 0 aromatic heterocycles. The van der Waals surface area contributed by atoms with Crippen LogP contribution in [0.5, 0.6) is 0 Å². The number of hydrogen-bond donors (Lipinski definition) is 2. The summed E-state index contributed by atoms with van der Waals surface area (Å²) in [5.74, 6) is -3.71. The number of ether oxygens (including phenoxy) is 2. The summed E-state index contributed by atoms with van der Waals surface area (Å²) < 4.78 is 13.6. The van der Waals surface area contributed by atoms with Crippen LogP contribution in [-0.2, 0) is 28.7 Å². The van der Waals surface area contributed by atoms with Gasteiger partial charge in [-0.25, -0.2) is 0 Å². The second kappa shape index (κ2) is 14.4. The lowest BCUT2D eigenvalue weighted by Crippen LogP contribution is -2.58. The Morgan fingerprint density at radius 3 is 2.34 bits per heavy atom. The Balaban J connectivity index is 1.36. The van der Waals surface area contributed by atoms with Gasteiger partial charge < -0.3 is 29.7 Å². The van der Waals surface area contributed by atoms with Crippen LogP contribution in [0.25, 0.3) is 0 Å². The van der Waals surface area contributed by atoms with Gasteiger partial charge in [-0.15, -0.1) is 0 Å². The fraction of sp³-hybridized carbons (Fsp3) is 0.487. The SMILES string of the molecule is C[C@@H]1NC(=O)CC/C=C\CN(C2CCCCC2)C(=O)[C@H]2N([C@H](CO)c3ccccc3)C(=O)[C@@H]3[C@@H](C(=O)O[C@H]1c1ccccc1)[C@@H]1O[C@@]32C=C1Br. The first kappa shape index (κ1) is 34.6. The van der Waals surface area contributed by atoms with E-state index in [0.29, 0.717) is 28.6 Å². The van der Waals surface area contributed by atoms with Crippen LogP contribution >= 0.6 is 15.9 Å². The largest absolute Gasteiger partial charge is 0.455 e. The van der Waals surface area contributed by atoms with Crippen molar-refractivity contribution < 1.29 is 33.8 Å². The van der Waals surface area contributed by atoms with Crippen molar-refractivity contribution in [2.24, 2.45) is 11.8 Å². The van der Waals surface area contributed by atoms with Crippen molar-refractivity contribution in [1.29, 1.82) is 0 Å². The fourth-order valence-corrected chi connectivity index (χ4v) is 9.50. The molecular formula is C39H44BrN3O7. The van der Waals surface area contributed by atoms with E-state index in [4.69, 9.17) is 9.47 Å². The zero-order chi connectivity index (χ0) is 35.0. The monoisotopic (exact) mass is 745 g/mol. The smallest absolute Gasteiger partial charge is 0.313 e. The van der Waals surface area contributed by atoms with Gasteiger partial charge in [0.05, 0.1) is 24.6 Å². The van der Waals surface area contributed by atoms with Crippen molar-refractivity contribution >= 4 is 39.6 Å². The second-order valence-electron chi connectivity index (χ2n) is 14.1. The lowest BCUT2D eigenvalue weighted by Gasteiger charge is -2.42. The third-order valence-corrected chi connectivity index (χ3v) is 11.8. The number of benzene rings is 2. The molecule has 7 rings (SSSR count). The van der Waals surface area contributed by atoms with E-state index >= 15 is 4.79 Å². The maximum absolute atomic E-state index is 15.3. The molecule has 3 amide bonds. The molecule has 1 aliphatic carbocycles. The number of aliphatic hydroxyl groups is 1. The molecule has 1 spiro atoms. The van der Waals surface area contributed by atoms with Crippen LogP contribution in [-0.4, -0.2) is 81.6 Å². The van der Waals surface area contributed by atoms with Gasteiger partial charge in [-0.05, 0) is 43.4 Å². The van der Waals surface area contributed by atoms with Crippen LogP contribution in [0.1, 0.15) is 75.1 Å². The molecule has 2 saturated heterocycles. The maximum atomic E-state index is 15.3. The molecule has 4 aliphatic heterocycles. The van der Waals surface area contributed by atoms with E-state index in [0.717, 1.165) is 32.1 Å². The van der Waals surface area contributed by atoms with Crippen molar-refractivity contribution in [2.75, 3.05) is 13.2 Å². The zero-order valence-electron chi connectivity index (χ0n) is 28.2. The van der Waals surface area contributed by atoms with Crippen LogP contribution in [0.2, 0.25) is 0 Å². The van der Waals surface area contributed by atoms with Gasteiger partial charge >= 0.3 is 5.97 Å². The van der Waals surface area contributed by atoms with E-state index in [1.54, 1.807) is 13.0 Å². The molecule has 2 N–H and O–H groups in total. The topological polar surface area (TPSA) is 125 Å². The number of nitrogens with one attached hydrogen (secondary N) is 1. The molecule has 4 heterocycles. The standard InChI is InChI=1S/C39H44BrN3O7/c1-24-33(26-16-8-3-9-17-26)49-38(48)31-32-36(46)43(29(23-44)25-14-6-2-7-15-25)35(39(32)22-28(40)34(31)50-39)37(47)42(27-18-10-4-11-19-27)21-13-5-12-20-30(45)41-24/h2-3,5-9,13-17,22,24,27,29,31-35,44H,4,10-12,18-21,23H2,1H3,(H,41,45)/b13-5-/t24-,29+,31+,32-,33+,34+,35+,39-/m0/s1. The number of carbonyl (C=O) groups excluding carboxylic acids is 4. The Bertz CT molecular complexity index is 1660. The molecule has 0 unspecified atom stereocenters. The summed E-state index contributed by atoms with van der Waals surface area (Å²) in [5, 5.41) is 13.9. The predicted molar refractivity (Wildman–Crippen MR) is 188 cm³/mol. The quantitative estimate of drug-likeness (QED) is 0.330. The van der Waals surface area contributed by atoms with E-state index in [1.807, 2.05) is 77.7 Å². The van der Waals surface area contributed by atoms with E-state index in [9.17, 15) is 19.5 Å². The summed E-state index contributed by atoms with van der Waals surface area (Å²) in [6.07, 6.45) is 9.38. The Labute approximate surface area is 301 Å². The molecule has 1 saturated carbocycles. The number of esters is 1. The number of allylic oxidation sites excluding steroid dienone is 1. The van der Waals surface area contributed by atoms with E-state index in [1.165, 1.54) is 4.90 Å².